The van der Waals surface area contributed by atoms with Crippen LogP contribution in [-0.4, -0.2) is 20.7 Å². The van der Waals surface area contributed by atoms with E-state index in [1.54, 1.807) is 23.1 Å². The van der Waals surface area contributed by atoms with E-state index in [9.17, 15) is 4.79 Å². The van der Waals surface area contributed by atoms with E-state index < -0.39 is 0 Å². The van der Waals surface area contributed by atoms with Crippen LogP contribution < -0.4 is 5.32 Å². The van der Waals surface area contributed by atoms with Gasteiger partial charge in [-0.3, -0.25) is 9.48 Å². The number of thiazole rings is 1. The first kappa shape index (κ1) is 17.7. The first-order valence-electron chi connectivity index (χ1n) is 8.00. The van der Waals surface area contributed by atoms with Gasteiger partial charge in [-0.25, -0.2) is 4.98 Å². The van der Waals surface area contributed by atoms with Crippen LogP contribution in [0.3, 0.4) is 0 Å². The molecule has 2 aromatic heterocycles. The highest BCUT2D eigenvalue weighted by molar-refractivity contribution is 8.01. The van der Waals surface area contributed by atoms with Crippen LogP contribution >= 0.6 is 23.1 Å². The lowest BCUT2D eigenvalue weighted by Crippen LogP contribution is -2.15. The molecule has 5 nitrogen and oxygen atoms in total. The SMILES string of the molecule is Cc1csc(Sc2ccc(NC(=O)CCn3nc(C)cc3C)cc2)n1. The lowest BCUT2D eigenvalue weighted by molar-refractivity contribution is -0.116. The molecule has 25 heavy (non-hydrogen) atoms. The summed E-state index contributed by atoms with van der Waals surface area (Å²) in [7, 11) is 0. The molecule has 0 fully saturated rings. The van der Waals surface area contributed by atoms with Crippen molar-refractivity contribution in [3.05, 3.63) is 52.8 Å². The number of aromatic nitrogens is 3. The van der Waals surface area contributed by atoms with Gasteiger partial charge in [0.05, 0.1) is 5.69 Å². The maximum atomic E-state index is 12.1. The van der Waals surface area contributed by atoms with Crippen molar-refractivity contribution in [3.63, 3.8) is 0 Å². The number of carbonyl (C=O) groups is 1. The number of benzene rings is 1. The second-order valence-corrected chi connectivity index (χ2v) is 8.01. The van der Waals surface area contributed by atoms with Crippen molar-refractivity contribution in [3.8, 4) is 0 Å². The number of nitrogens with zero attached hydrogens (tertiary/aromatic N) is 3. The van der Waals surface area contributed by atoms with Crippen LogP contribution in [0.15, 0.2) is 44.9 Å². The second kappa shape index (κ2) is 7.84. The lowest BCUT2D eigenvalue weighted by Gasteiger charge is -2.07. The van der Waals surface area contributed by atoms with Crippen molar-refractivity contribution in [1.29, 1.82) is 0 Å². The zero-order valence-corrected chi connectivity index (χ0v) is 16.1. The van der Waals surface area contributed by atoms with E-state index in [1.807, 2.05) is 61.2 Å². The summed E-state index contributed by atoms with van der Waals surface area (Å²) in [5, 5.41) is 9.34. The molecule has 0 aliphatic heterocycles. The van der Waals surface area contributed by atoms with Gasteiger partial charge in [0.25, 0.3) is 0 Å². The zero-order valence-electron chi connectivity index (χ0n) is 14.4. The highest BCUT2D eigenvalue weighted by Gasteiger charge is 2.07. The van der Waals surface area contributed by atoms with Gasteiger partial charge in [0.2, 0.25) is 5.91 Å². The Balaban J connectivity index is 1.52. The average Bonchev–Trinajstić information content (AvgIpc) is 3.12. The standard InChI is InChI=1S/C18H20N4OS2/c1-12-10-14(3)22(21-12)9-8-17(23)20-15-4-6-16(7-5-15)25-18-19-13(2)11-24-18/h4-7,10-11H,8-9H2,1-3H3,(H,20,23). The molecule has 3 rings (SSSR count). The molecular weight excluding hydrogens is 352 g/mol. The number of anilines is 1. The van der Waals surface area contributed by atoms with Crippen LogP contribution in [0.25, 0.3) is 0 Å². The zero-order chi connectivity index (χ0) is 17.8. The summed E-state index contributed by atoms with van der Waals surface area (Å²) in [6.07, 6.45) is 0.400. The number of hydrogen-bond donors (Lipinski definition) is 1. The van der Waals surface area contributed by atoms with Crippen molar-refractivity contribution in [2.45, 2.75) is 43.0 Å². The predicted octanol–water partition coefficient (Wildman–Crippen LogP) is 4.44. The highest BCUT2D eigenvalue weighted by atomic mass is 32.2. The molecule has 1 N–H and O–H groups in total. The van der Waals surface area contributed by atoms with E-state index in [-0.39, 0.29) is 5.91 Å². The van der Waals surface area contributed by atoms with Crippen molar-refractivity contribution in [1.82, 2.24) is 14.8 Å². The Kier molecular flexibility index (Phi) is 5.55. The third-order valence-corrected chi connectivity index (χ3v) is 5.66. The molecule has 0 unspecified atom stereocenters. The van der Waals surface area contributed by atoms with Crippen LogP contribution in [-0.2, 0) is 11.3 Å². The number of hydrogen-bond acceptors (Lipinski definition) is 5. The topological polar surface area (TPSA) is 59.8 Å². The van der Waals surface area contributed by atoms with E-state index in [1.165, 1.54) is 0 Å². The van der Waals surface area contributed by atoms with Gasteiger partial charge in [-0.05, 0) is 51.1 Å². The molecule has 0 spiro atoms. The molecule has 1 aromatic carbocycles. The molecule has 0 aliphatic carbocycles. The maximum absolute atomic E-state index is 12.1. The fourth-order valence-corrected chi connectivity index (χ4v) is 4.23. The predicted molar refractivity (Wildman–Crippen MR) is 102 cm³/mol. The first-order chi connectivity index (χ1) is 12.0. The number of aryl methyl sites for hydroxylation is 4. The fraction of sp³-hybridized carbons (Fsp3) is 0.278. The Morgan fingerprint density at radius 1 is 1.20 bits per heavy atom. The Hall–Kier alpha value is -2.12. The lowest BCUT2D eigenvalue weighted by atomic mass is 10.3. The third-order valence-electron chi connectivity index (χ3n) is 3.60. The average molecular weight is 373 g/mol. The number of nitrogens with one attached hydrogen (secondary N) is 1. The van der Waals surface area contributed by atoms with Crippen molar-refractivity contribution in [2.75, 3.05) is 5.32 Å². The van der Waals surface area contributed by atoms with Gasteiger partial charge in [-0.1, -0.05) is 11.8 Å². The molecule has 7 heteroatoms. The summed E-state index contributed by atoms with van der Waals surface area (Å²) in [6, 6.07) is 9.85. The third kappa shape index (κ3) is 4.93. The molecule has 0 saturated heterocycles. The summed E-state index contributed by atoms with van der Waals surface area (Å²) in [5.41, 5.74) is 3.89. The summed E-state index contributed by atoms with van der Waals surface area (Å²) >= 11 is 3.27. The molecule has 3 aromatic rings. The number of rotatable bonds is 6. The van der Waals surface area contributed by atoms with Gasteiger partial charge >= 0.3 is 0 Å². The minimum absolute atomic E-state index is 0.0106. The summed E-state index contributed by atoms with van der Waals surface area (Å²) in [6.45, 7) is 6.53. The maximum Gasteiger partial charge on any atom is 0.226 e. The first-order valence-corrected chi connectivity index (χ1v) is 9.70. The Morgan fingerprint density at radius 3 is 2.56 bits per heavy atom. The molecule has 2 heterocycles. The smallest absolute Gasteiger partial charge is 0.226 e. The van der Waals surface area contributed by atoms with Gasteiger partial charge in [-0.2, -0.15) is 5.10 Å². The monoisotopic (exact) mass is 372 g/mol. The fourth-order valence-electron chi connectivity index (χ4n) is 2.42. The van der Waals surface area contributed by atoms with Gasteiger partial charge in [0, 0.05) is 40.3 Å². The molecule has 0 saturated carbocycles. The van der Waals surface area contributed by atoms with E-state index >= 15 is 0 Å². The molecule has 0 atom stereocenters. The summed E-state index contributed by atoms with van der Waals surface area (Å²) < 4.78 is 2.89. The summed E-state index contributed by atoms with van der Waals surface area (Å²) in [5.74, 6) is -0.0106. The van der Waals surface area contributed by atoms with Crippen LogP contribution in [0.2, 0.25) is 0 Å². The van der Waals surface area contributed by atoms with Crippen molar-refractivity contribution < 1.29 is 4.79 Å². The number of amides is 1. The van der Waals surface area contributed by atoms with Crippen LogP contribution in [0, 0.1) is 20.8 Å². The van der Waals surface area contributed by atoms with Gasteiger partial charge < -0.3 is 5.32 Å². The van der Waals surface area contributed by atoms with Gasteiger partial charge in [0.1, 0.15) is 0 Å². The van der Waals surface area contributed by atoms with Crippen LogP contribution in [0.5, 0.6) is 0 Å². The quantitative estimate of drug-likeness (QED) is 0.695. The van der Waals surface area contributed by atoms with E-state index in [0.717, 1.165) is 32.0 Å². The molecule has 0 aliphatic rings. The molecule has 0 bridgehead atoms. The van der Waals surface area contributed by atoms with Crippen molar-refractivity contribution >= 4 is 34.7 Å². The Bertz CT molecular complexity index is 868. The Morgan fingerprint density at radius 2 is 1.96 bits per heavy atom. The van der Waals surface area contributed by atoms with Crippen LogP contribution in [0.4, 0.5) is 5.69 Å². The minimum atomic E-state index is -0.0106. The van der Waals surface area contributed by atoms with Gasteiger partial charge in [-0.15, -0.1) is 11.3 Å². The van der Waals surface area contributed by atoms with Gasteiger partial charge in [0.15, 0.2) is 4.34 Å². The Labute approximate surface area is 155 Å². The molecule has 0 radical (unpaired) electrons. The number of carbonyl (C=O) groups excluding carboxylic acids is 1. The van der Waals surface area contributed by atoms with E-state index in [0.29, 0.717) is 13.0 Å². The van der Waals surface area contributed by atoms with Crippen molar-refractivity contribution in [2.24, 2.45) is 0 Å². The van der Waals surface area contributed by atoms with Crippen LogP contribution in [0.1, 0.15) is 23.5 Å². The minimum Gasteiger partial charge on any atom is -0.326 e. The second-order valence-electron chi connectivity index (χ2n) is 5.83. The molecule has 1 amide bonds. The largest absolute Gasteiger partial charge is 0.326 e. The van der Waals surface area contributed by atoms with E-state index in [4.69, 9.17) is 0 Å². The molecular formula is C18H20N4OS2. The normalized spacial score (nSPS) is 10.8. The van der Waals surface area contributed by atoms with E-state index in [2.05, 4.69) is 15.4 Å². The molecule has 130 valence electrons. The summed E-state index contributed by atoms with van der Waals surface area (Å²) in [4.78, 5) is 17.7. The highest BCUT2D eigenvalue weighted by Crippen LogP contribution is 2.30.